The molecular formula is C32H42Cl2N6O6. The second-order valence-electron chi connectivity index (χ2n) is 13.7. The maximum Gasteiger partial charge on any atom is 0.341 e. The van der Waals surface area contributed by atoms with Crippen LogP contribution in [0.25, 0.3) is 11.6 Å². The number of esters is 1. The van der Waals surface area contributed by atoms with Crippen LogP contribution >= 0.6 is 23.2 Å². The average molecular weight is 678 g/mol. The number of carboxylic acids is 1. The van der Waals surface area contributed by atoms with E-state index in [9.17, 15) is 9.59 Å². The molecule has 0 amide bonds. The van der Waals surface area contributed by atoms with Gasteiger partial charge in [-0.05, 0) is 55.9 Å². The minimum atomic E-state index is -1.12. The summed E-state index contributed by atoms with van der Waals surface area (Å²) in [5.41, 5.74) is -0.344. The van der Waals surface area contributed by atoms with Crippen molar-refractivity contribution in [2.45, 2.75) is 67.9 Å². The van der Waals surface area contributed by atoms with Crippen molar-refractivity contribution in [1.29, 1.82) is 0 Å². The molecule has 4 aromatic heterocycles. The number of carbonyl (C=O) groups excluding carboxylic acids is 1. The summed E-state index contributed by atoms with van der Waals surface area (Å²) in [7, 11) is 0. The number of ether oxygens (including phenoxy) is 3. The molecule has 0 saturated heterocycles. The van der Waals surface area contributed by atoms with E-state index in [1.165, 1.54) is 16.8 Å². The van der Waals surface area contributed by atoms with Crippen molar-refractivity contribution in [2.75, 3.05) is 13.2 Å². The van der Waals surface area contributed by atoms with Crippen LogP contribution in [0.3, 0.4) is 0 Å². The highest BCUT2D eigenvalue weighted by molar-refractivity contribution is 6.32. The summed E-state index contributed by atoms with van der Waals surface area (Å²) in [6.45, 7) is 18.9. The van der Waals surface area contributed by atoms with Crippen LogP contribution in [0.2, 0.25) is 10.3 Å². The first-order valence-electron chi connectivity index (χ1n) is 14.4. The fourth-order valence-corrected chi connectivity index (χ4v) is 3.81. The predicted molar refractivity (Wildman–Crippen MR) is 177 cm³/mol. The number of halogens is 2. The number of carbonyl (C=O) groups is 2. The summed E-state index contributed by atoms with van der Waals surface area (Å²) in [6.07, 6.45) is 3.40. The Kier molecular flexibility index (Phi) is 11.5. The molecule has 0 fully saturated rings. The Morgan fingerprint density at radius 3 is 1.48 bits per heavy atom. The van der Waals surface area contributed by atoms with Crippen molar-refractivity contribution < 1.29 is 30.3 Å². The zero-order valence-corrected chi connectivity index (χ0v) is 29.0. The van der Waals surface area contributed by atoms with E-state index in [4.69, 9.17) is 42.5 Å². The summed E-state index contributed by atoms with van der Waals surface area (Å²) in [6, 6.07) is 9.64. The molecule has 0 unspecified atom stereocenters. The van der Waals surface area contributed by atoms with E-state index in [2.05, 4.69) is 61.7 Å². The van der Waals surface area contributed by atoms with Gasteiger partial charge in [0.1, 0.15) is 15.9 Å². The Bertz CT molecular complexity index is 1670. The number of nitrogens with zero attached hydrogens (tertiary/aromatic N) is 6. The van der Waals surface area contributed by atoms with Gasteiger partial charge < -0.3 is 19.3 Å². The van der Waals surface area contributed by atoms with Gasteiger partial charge in [-0.2, -0.15) is 0 Å². The maximum atomic E-state index is 12.1. The van der Waals surface area contributed by atoms with Gasteiger partial charge in [0.15, 0.2) is 11.6 Å². The van der Waals surface area contributed by atoms with E-state index in [1.807, 2.05) is 0 Å². The standard InChI is InChI=1S/C18H24ClN3O3.C14H16ClN3O3.H2/c1-17(2,3)11-24-14-9-10-22(21-14)13-8-7-12(15(19)20-13)16(23)25-18(4,5)6;1-14(2,3)8-21-11-6-7-18(17-11)10-5-4-9(13(19)20)12(15)16-10;/h7-10H,11H2,1-6H3;4-7H,8H2,1-3H3,(H,19,20);1H. The normalized spacial score (nSPS) is 11.8. The lowest BCUT2D eigenvalue weighted by Crippen LogP contribution is -2.24. The fourth-order valence-electron chi connectivity index (χ4n) is 3.35. The third-order valence-corrected chi connectivity index (χ3v) is 6.00. The minimum absolute atomic E-state index is 0. The van der Waals surface area contributed by atoms with Crippen molar-refractivity contribution in [3.8, 4) is 23.4 Å². The van der Waals surface area contributed by atoms with E-state index >= 15 is 0 Å². The maximum absolute atomic E-state index is 12.1. The predicted octanol–water partition coefficient (Wildman–Crippen LogP) is 7.59. The number of carboxylic acid groups (broad SMARTS) is 1. The number of aromatic carboxylic acids is 1. The molecule has 14 heteroatoms. The van der Waals surface area contributed by atoms with E-state index in [-0.39, 0.29) is 33.7 Å². The van der Waals surface area contributed by atoms with Crippen LogP contribution in [-0.4, -0.2) is 65.4 Å². The third-order valence-electron chi connectivity index (χ3n) is 5.42. The van der Waals surface area contributed by atoms with Crippen LogP contribution < -0.4 is 9.47 Å². The highest BCUT2D eigenvalue weighted by atomic mass is 35.5. The highest BCUT2D eigenvalue weighted by Crippen LogP contribution is 2.22. The average Bonchev–Trinajstić information content (AvgIpc) is 3.59. The van der Waals surface area contributed by atoms with Crippen LogP contribution in [-0.2, 0) is 4.74 Å². The summed E-state index contributed by atoms with van der Waals surface area (Å²) in [5, 5.41) is 17.4. The number of aromatic nitrogens is 6. The number of pyridine rings is 2. The van der Waals surface area contributed by atoms with Crippen molar-refractivity contribution in [3.05, 3.63) is 70.2 Å². The van der Waals surface area contributed by atoms with E-state index in [1.54, 1.807) is 62.1 Å². The van der Waals surface area contributed by atoms with Crippen LogP contribution in [0.5, 0.6) is 11.8 Å². The van der Waals surface area contributed by atoms with Crippen molar-refractivity contribution in [1.82, 2.24) is 29.5 Å². The molecule has 0 aliphatic rings. The molecule has 46 heavy (non-hydrogen) atoms. The molecule has 12 nitrogen and oxygen atoms in total. The molecule has 0 saturated carbocycles. The minimum Gasteiger partial charge on any atom is -0.478 e. The summed E-state index contributed by atoms with van der Waals surface area (Å²) < 4.78 is 19.6. The molecule has 0 atom stereocenters. The molecule has 4 heterocycles. The van der Waals surface area contributed by atoms with E-state index < -0.39 is 17.5 Å². The lowest BCUT2D eigenvalue weighted by Gasteiger charge is -2.19. The molecule has 0 aliphatic heterocycles. The summed E-state index contributed by atoms with van der Waals surface area (Å²) >= 11 is 12.0. The Balaban J connectivity index is 0.000000324. The zero-order valence-electron chi connectivity index (χ0n) is 27.5. The Morgan fingerprint density at radius 1 is 0.717 bits per heavy atom. The van der Waals surface area contributed by atoms with Crippen LogP contribution in [0.1, 0.15) is 84.5 Å². The van der Waals surface area contributed by atoms with Crippen LogP contribution in [0.15, 0.2) is 48.8 Å². The second kappa shape index (κ2) is 14.5. The fraction of sp³-hybridized carbons (Fsp3) is 0.438. The molecule has 0 radical (unpaired) electrons. The SMILES string of the molecule is CC(C)(C)COc1ccn(-c2ccc(C(=O)O)c(Cl)n2)n1.CC(C)(C)COc1ccn(-c2ccc(C(=O)OC(C)(C)C)c(Cl)n2)n1.[HH]. The summed E-state index contributed by atoms with van der Waals surface area (Å²) in [4.78, 5) is 31.3. The first-order chi connectivity index (χ1) is 21.2. The van der Waals surface area contributed by atoms with Gasteiger partial charge in [-0.25, -0.2) is 28.9 Å². The second-order valence-corrected chi connectivity index (χ2v) is 14.4. The molecule has 4 aromatic rings. The van der Waals surface area contributed by atoms with Gasteiger partial charge in [0.2, 0.25) is 11.8 Å². The number of rotatable bonds is 8. The van der Waals surface area contributed by atoms with E-state index in [0.29, 0.717) is 36.6 Å². The van der Waals surface area contributed by atoms with Crippen molar-refractivity contribution in [2.24, 2.45) is 10.8 Å². The van der Waals surface area contributed by atoms with Gasteiger partial charge in [-0.1, -0.05) is 64.7 Å². The number of hydrogen-bond donors (Lipinski definition) is 1. The quantitative estimate of drug-likeness (QED) is 0.146. The topological polar surface area (TPSA) is 143 Å². The first-order valence-corrected chi connectivity index (χ1v) is 15.1. The first kappa shape index (κ1) is 36.3. The largest absolute Gasteiger partial charge is 0.478 e. The molecule has 0 aromatic carbocycles. The molecule has 4 rings (SSSR count). The highest BCUT2D eigenvalue weighted by Gasteiger charge is 2.21. The Hall–Kier alpha value is -4.16. The van der Waals surface area contributed by atoms with Crippen molar-refractivity contribution >= 4 is 35.1 Å². The van der Waals surface area contributed by atoms with Gasteiger partial charge in [0.05, 0.1) is 24.3 Å². The molecule has 0 spiro atoms. The Labute approximate surface area is 280 Å². The van der Waals surface area contributed by atoms with Crippen LogP contribution in [0.4, 0.5) is 0 Å². The lowest BCUT2D eigenvalue weighted by molar-refractivity contribution is 0.00690. The van der Waals surface area contributed by atoms with Gasteiger partial charge in [0, 0.05) is 26.0 Å². The molecule has 0 bridgehead atoms. The van der Waals surface area contributed by atoms with Gasteiger partial charge >= 0.3 is 11.9 Å². The van der Waals surface area contributed by atoms with Crippen molar-refractivity contribution in [3.63, 3.8) is 0 Å². The van der Waals surface area contributed by atoms with Gasteiger partial charge in [-0.3, -0.25) is 0 Å². The monoisotopic (exact) mass is 676 g/mol. The molecule has 0 aliphatic carbocycles. The molecular weight excluding hydrogens is 635 g/mol. The van der Waals surface area contributed by atoms with Crippen LogP contribution in [0, 0.1) is 10.8 Å². The Morgan fingerprint density at radius 2 is 1.13 bits per heavy atom. The molecule has 1 N–H and O–H groups in total. The smallest absolute Gasteiger partial charge is 0.341 e. The zero-order chi connectivity index (χ0) is 34.4. The third kappa shape index (κ3) is 11.3. The van der Waals surface area contributed by atoms with E-state index in [0.717, 1.165) is 0 Å². The van der Waals surface area contributed by atoms with Gasteiger partial charge in [0.25, 0.3) is 0 Å². The van der Waals surface area contributed by atoms with Gasteiger partial charge in [-0.15, -0.1) is 10.2 Å². The summed E-state index contributed by atoms with van der Waals surface area (Å²) in [5.74, 6) is 0.271. The number of hydrogen-bond acceptors (Lipinski definition) is 9. The molecule has 250 valence electrons. The lowest BCUT2D eigenvalue weighted by atomic mass is 9.99.